The summed E-state index contributed by atoms with van der Waals surface area (Å²) in [7, 11) is 0. The van der Waals surface area contributed by atoms with Gasteiger partial charge in [-0.15, -0.1) is 11.8 Å². The Morgan fingerprint density at radius 1 is 1.60 bits per heavy atom. The SMILES string of the molecule is CCOC(=O)CSc1ccc(O)cc1Cl. The molecule has 0 radical (unpaired) electrons. The second-order valence-electron chi connectivity index (χ2n) is 2.71. The third-order valence-electron chi connectivity index (χ3n) is 1.57. The molecular formula is C10H11ClO3S. The van der Waals surface area contributed by atoms with Crippen molar-refractivity contribution in [3.63, 3.8) is 0 Å². The van der Waals surface area contributed by atoms with Crippen molar-refractivity contribution < 1.29 is 14.6 Å². The third kappa shape index (κ3) is 4.01. The lowest BCUT2D eigenvalue weighted by Gasteiger charge is -2.04. The predicted molar refractivity (Wildman–Crippen MR) is 60.5 cm³/mol. The van der Waals surface area contributed by atoms with Gasteiger partial charge in [-0.25, -0.2) is 0 Å². The molecule has 1 aromatic carbocycles. The number of benzene rings is 1. The molecule has 0 saturated carbocycles. The van der Waals surface area contributed by atoms with E-state index in [2.05, 4.69) is 0 Å². The fourth-order valence-corrected chi connectivity index (χ4v) is 2.00. The van der Waals surface area contributed by atoms with Gasteiger partial charge in [0.1, 0.15) is 5.75 Å². The van der Waals surface area contributed by atoms with Gasteiger partial charge in [0.05, 0.1) is 17.4 Å². The zero-order valence-electron chi connectivity index (χ0n) is 8.20. The molecule has 0 aliphatic rings. The van der Waals surface area contributed by atoms with Crippen LogP contribution in [0.3, 0.4) is 0 Å². The number of carbonyl (C=O) groups is 1. The molecule has 0 bridgehead atoms. The van der Waals surface area contributed by atoms with Crippen molar-refractivity contribution in [2.75, 3.05) is 12.4 Å². The van der Waals surface area contributed by atoms with Crippen molar-refractivity contribution in [3.8, 4) is 5.75 Å². The highest BCUT2D eigenvalue weighted by atomic mass is 35.5. The second kappa shape index (κ2) is 5.88. The highest BCUT2D eigenvalue weighted by molar-refractivity contribution is 8.00. The number of rotatable bonds is 4. The first-order valence-corrected chi connectivity index (χ1v) is 5.76. The van der Waals surface area contributed by atoms with Crippen LogP contribution in [0.25, 0.3) is 0 Å². The lowest BCUT2D eigenvalue weighted by atomic mass is 10.3. The van der Waals surface area contributed by atoms with E-state index in [0.717, 1.165) is 4.90 Å². The maximum Gasteiger partial charge on any atom is 0.316 e. The molecule has 0 atom stereocenters. The van der Waals surface area contributed by atoms with Crippen molar-refractivity contribution >= 4 is 29.3 Å². The molecule has 1 N–H and O–H groups in total. The summed E-state index contributed by atoms with van der Waals surface area (Å²) in [6, 6.07) is 4.63. The van der Waals surface area contributed by atoms with Gasteiger partial charge < -0.3 is 9.84 Å². The zero-order chi connectivity index (χ0) is 11.3. The predicted octanol–water partition coefficient (Wildman–Crippen LogP) is 2.70. The van der Waals surface area contributed by atoms with E-state index in [0.29, 0.717) is 11.6 Å². The number of phenols is 1. The lowest BCUT2D eigenvalue weighted by molar-refractivity contribution is -0.139. The summed E-state index contributed by atoms with van der Waals surface area (Å²) in [6.45, 7) is 2.14. The average Bonchev–Trinajstić information content (AvgIpc) is 2.17. The summed E-state index contributed by atoms with van der Waals surface area (Å²) < 4.78 is 4.77. The van der Waals surface area contributed by atoms with Crippen LogP contribution in [0, 0.1) is 0 Å². The van der Waals surface area contributed by atoms with Crippen LogP contribution in [-0.4, -0.2) is 23.4 Å². The van der Waals surface area contributed by atoms with Crippen LogP contribution >= 0.6 is 23.4 Å². The molecule has 15 heavy (non-hydrogen) atoms. The van der Waals surface area contributed by atoms with Gasteiger partial charge in [0.15, 0.2) is 0 Å². The highest BCUT2D eigenvalue weighted by Crippen LogP contribution is 2.29. The maximum absolute atomic E-state index is 11.1. The molecule has 0 unspecified atom stereocenters. The molecule has 0 saturated heterocycles. The number of halogens is 1. The second-order valence-corrected chi connectivity index (χ2v) is 4.13. The molecule has 0 aliphatic heterocycles. The zero-order valence-corrected chi connectivity index (χ0v) is 9.77. The minimum absolute atomic E-state index is 0.112. The first-order chi connectivity index (χ1) is 7.13. The Morgan fingerprint density at radius 3 is 2.93 bits per heavy atom. The van der Waals surface area contributed by atoms with E-state index in [4.69, 9.17) is 21.4 Å². The van der Waals surface area contributed by atoms with E-state index in [1.165, 1.54) is 23.9 Å². The quantitative estimate of drug-likeness (QED) is 0.656. The number of hydrogen-bond donors (Lipinski definition) is 1. The molecule has 0 aromatic heterocycles. The minimum Gasteiger partial charge on any atom is -0.508 e. The molecule has 0 amide bonds. The third-order valence-corrected chi connectivity index (χ3v) is 3.04. The van der Waals surface area contributed by atoms with Crippen LogP contribution in [0.4, 0.5) is 0 Å². The molecule has 1 rings (SSSR count). The summed E-state index contributed by atoms with van der Waals surface area (Å²) in [5.41, 5.74) is 0. The molecule has 5 heteroatoms. The Bertz CT molecular complexity index is 355. The van der Waals surface area contributed by atoms with Gasteiger partial charge in [-0.2, -0.15) is 0 Å². The summed E-state index contributed by atoms with van der Waals surface area (Å²) in [4.78, 5) is 11.8. The fraction of sp³-hybridized carbons (Fsp3) is 0.300. The Balaban J connectivity index is 2.54. The van der Waals surface area contributed by atoms with Crippen LogP contribution in [0.1, 0.15) is 6.92 Å². The van der Waals surface area contributed by atoms with Gasteiger partial charge in [0.25, 0.3) is 0 Å². The normalized spacial score (nSPS) is 10.0. The fourth-order valence-electron chi connectivity index (χ4n) is 0.946. The maximum atomic E-state index is 11.1. The Morgan fingerprint density at radius 2 is 2.33 bits per heavy atom. The van der Waals surface area contributed by atoms with Crippen molar-refractivity contribution in [2.45, 2.75) is 11.8 Å². The minimum atomic E-state index is -0.272. The monoisotopic (exact) mass is 246 g/mol. The molecular weight excluding hydrogens is 236 g/mol. The van der Waals surface area contributed by atoms with Gasteiger partial charge in [0, 0.05) is 4.90 Å². The number of phenolic OH excluding ortho intramolecular Hbond substituents is 1. The molecule has 1 aromatic rings. The van der Waals surface area contributed by atoms with Gasteiger partial charge in [0.2, 0.25) is 0 Å². The van der Waals surface area contributed by atoms with Crippen molar-refractivity contribution in [2.24, 2.45) is 0 Å². The van der Waals surface area contributed by atoms with E-state index in [9.17, 15) is 4.79 Å². The number of ether oxygens (including phenoxy) is 1. The van der Waals surface area contributed by atoms with Gasteiger partial charge in [-0.3, -0.25) is 4.79 Å². The molecule has 0 fully saturated rings. The number of hydrogen-bond acceptors (Lipinski definition) is 4. The van der Waals surface area contributed by atoms with Crippen molar-refractivity contribution in [1.82, 2.24) is 0 Å². The summed E-state index contributed by atoms with van der Waals surface area (Å²) in [5, 5.41) is 9.55. The lowest BCUT2D eigenvalue weighted by Crippen LogP contribution is -2.06. The number of thioether (sulfide) groups is 1. The van der Waals surface area contributed by atoms with Crippen LogP contribution in [0.5, 0.6) is 5.75 Å². The van der Waals surface area contributed by atoms with Gasteiger partial charge in [-0.05, 0) is 25.1 Å². The Hall–Kier alpha value is -0.870. The summed E-state index contributed by atoms with van der Waals surface area (Å²) >= 11 is 7.14. The van der Waals surface area contributed by atoms with Crippen molar-refractivity contribution in [3.05, 3.63) is 23.2 Å². The standard InChI is InChI=1S/C10H11ClO3S/c1-2-14-10(13)6-15-9-4-3-7(12)5-8(9)11/h3-5,12H,2,6H2,1H3. The molecule has 3 nitrogen and oxygen atoms in total. The summed E-state index contributed by atoms with van der Waals surface area (Å²) in [5.74, 6) is 0.0605. The average molecular weight is 247 g/mol. The number of carbonyl (C=O) groups excluding carboxylic acids is 1. The first kappa shape index (κ1) is 12.2. The topological polar surface area (TPSA) is 46.5 Å². The Labute approximate surface area is 97.4 Å². The van der Waals surface area contributed by atoms with E-state index in [-0.39, 0.29) is 17.5 Å². The van der Waals surface area contributed by atoms with Crippen LogP contribution in [0.15, 0.2) is 23.1 Å². The van der Waals surface area contributed by atoms with Crippen LogP contribution in [0.2, 0.25) is 5.02 Å². The van der Waals surface area contributed by atoms with E-state index >= 15 is 0 Å². The molecule has 82 valence electrons. The first-order valence-electron chi connectivity index (χ1n) is 4.40. The van der Waals surface area contributed by atoms with Crippen LogP contribution < -0.4 is 0 Å². The van der Waals surface area contributed by atoms with E-state index in [1.54, 1.807) is 13.0 Å². The smallest absolute Gasteiger partial charge is 0.316 e. The number of esters is 1. The Kier molecular flexibility index (Phi) is 4.78. The van der Waals surface area contributed by atoms with Crippen LogP contribution in [-0.2, 0) is 9.53 Å². The largest absolute Gasteiger partial charge is 0.508 e. The van der Waals surface area contributed by atoms with Gasteiger partial charge >= 0.3 is 5.97 Å². The number of aromatic hydroxyl groups is 1. The van der Waals surface area contributed by atoms with Crippen molar-refractivity contribution in [1.29, 1.82) is 0 Å². The molecule has 0 heterocycles. The van der Waals surface area contributed by atoms with E-state index in [1.807, 2.05) is 0 Å². The molecule has 0 aliphatic carbocycles. The highest BCUT2D eigenvalue weighted by Gasteiger charge is 2.06. The van der Waals surface area contributed by atoms with E-state index < -0.39 is 0 Å². The summed E-state index contributed by atoms with van der Waals surface area (Å²) in [6.07, 6.45) is 0. The molecule has 0 spiro atoms. The van der Waals surface area contributed by atoms with Gasteiger partial charge in [-0.1, -0.05) is 11.6 Å².